The molecule has 1 aliphatic carbocycles. The lowest BCUT2D eigenvalue weighted by atomic mass is 9.87. The molecule has 3 N–H and O–H groups in total. The van der Waals surface area contributed by atoms with Gasteiger partial charge in [0.05, 0.1) is 16.7 Å². The molecule has 1 atom stereocenters. The molecule has 0 spiro atoms. The van der Waals surface area contributed by atoms with Crippen molar-refractivity contribution in [3.05, 3.63) is 94.8 Å². The van der Waals surface area contributed by atoms with E-state index in [4.69, 9.17) is 5.41 Å². The lowest BCUT2D eigenvalue weighted by molar-refractivity contribution is 0.0953. The van der Waals surface area contributed by atoms with Gasteiger partial charge in [0, 0.05) is 36.5 Å². The van der Waals surface area contributed by atoms with Gasteiger partial charge in [-0.1, -0.05) is 42.5 Å². The van der Waals surface area contributed by atoms with Gasteiger partial charge < -0.3 is 20.3 Å². The second-order valence-corrected chi connectivity index (χ2v) is 10.3. The van der Waals surface area contributed by atoms with Gasteiger partial charge in [-0.25, -0.2) is 9.97 Å². The van der Waals surface area contributed by atoms with E-state index in [0.29, 0.717) is 35.3 Å². The Hall–Kier alpha value is -4.59. The maximum Gasteiger partial charge on any atom is 0.263 e. The van der Waals surface area contributed by atoms with Crippen LogP contribution in [0.5, 0.6) is 0 Å². The molecule has 5 aromatic rings. The molecule has 0 saturated heterocycles. The Balaban J connectivity index is 1.18. The molecule has 0 saturated carbocycles. The van der Waals surface area contributed by atoms with Crippen LogP contribution in [0.25, 0.3) is 21.8 Å². The van der Waals surface area contributed by atoms with Gasteiger partial charge in [-0.2, -0.15) is 0 Å². The number of benzene rings is 3. The summed E-state index contributed by atoms with van der Waals surface area (Å²) in [5.41, 5.74) is 5.55. The van der Waals surface area contributed by atoms with Crippen LogP contribution in [0.15, 0.2) is 60.7 Å². The summed E-state index contributed by atoms with van der Waals surface area (Å²) in [6, 6.07) is 19.8. The van der Waals surface area contributed by atoms with E-state index >= 15 is 0 Å². The van der Waals surface area contributed by atoms with Gasteiger partial charge in [-0.15, -0.1) is 0 Å². The third-order valence-corrected chi connectivity index (χ3v) is 7.78. The van der Waals surface area contributed by atoms with E-state index in [2.05, 4.69) is 44.5 Å². The van der Waals surface area contributed by atoms with Crippen molar-refractivity contribution >= 4 is 39.2 Å². The molecule has 6 rings (SSSR count). The van der Waals surface area contributed by atoms with Crippen LogP contribution in [0.2, 0.25) is 0 Å². The molecule has 2 aromatic heterocycles. The van der Waals surface area contributed by atoms with Crippen molar-refractivity contribution in [1.82, 2.24) is 24.8 Å². The highest BCUT2D eigenvalue weighted by Crippen LogP contribution is 2.26. The van der Waals surface area contributed by atoms with Gasteiger partial charge in [-0.3, -0.25) is 9.59 Å². The Morgan fingerprint density at radius 3 is 2.77 bits per heavy atom. The first kappa shape index (κ1) is 24.7. The van der Waals surface area contributed by atoms with E-state index in [0.717, 1.165) is 30.7 Å². The number of aromatic nitrogens is 4. The molecule has 8 heteroatoms. The van der Waals surface area contributed by atoms with E-state index in [1.807, 2.05) is 25.1 Å². The van der Waals surface area contributed by atoms with Crippen molar-refractivity contribution in [3.8, 4) is 0 Å². The number of H-pyrrole nitrogens is 1. The van der Waals surface area contributed by atoms with Gasteiger partial charge in [0.15, 0.2) is 11.6 Å². The average Bonchev–Trinajstić information content (AvgIpc) is 3.53. The molecule has 8 nitrogen and oxygen atoms in total. The van der Waals surface area contributed by atoms with Crippen LogP contribution < -0.4 is 5.32 Å². The molecular formula is C31H30N6O2. The zero-order valence-electron chi connectivity index (χ0n) is 22.0. The van der Waals surface area contributed by atoms with E-state index in [9.17, 15) is 9.59 Å². The highest BCUT2D eigenvalue weighted by atomic mass is 16.1. The van der Waals surface area contributed by atoms with E-state index in [1.54, 1.807) is 29.8 Å². The third kappa shape index (κ3) is 4.63. The van der Waals surface area contributed by atoms with Crippen molar-refractivity contribution in [3.63, 3.8) is 0 Å². The number of imidazole rings is 2. The van der Waals surface area contributed by atoms with Crippen molar-refractivity contribution in [2.75, 3.05) is 6.54 Å². The van der Waals surface area contributed by atoms with Crippen LogP contribution in [-0.2, 0) is 26.3 Å². The molecule has 0 bridgehead atoms. The summed E-state index contributed by atoms with van der Waals surface area (Å²) < 4.78 is 1.72. The summed E-state index contributed by atoms with van der Waals surface area (Å²) in [5.74, 6) is 0.277. The zero-order valence-corrected chi connectivity index (χ0v) is 22.0. The number of nitrogens with one attached hydrogen (secondary N) is 3. The van der Waals surface area contributed by atoms with Crippen LogP contribution in [0, 0.1) is 11.3 Å². The summed E-state index contributed by atoms with van der Waals surface area (Å²) in [6.07, 6.45) is 3.06. The lowest BCUT2D eigenvalue weighted by Crippen LogP contribution is -2.25. The highest BCUT2D eigenvalue weighted by molar-refractivity contribution is 6.06. The van der Waals surface area contributed by atoms with E-state index in [-0.39, 0.29) is 29.3 Å². The average molecular weight is 519 g/mol. The Morgan fingerprint density at radius 2 is 1.92 bits per heavy atom. The first-order valence-electron chi connectivity index (χ1n) is 13.3. The minimum atomic E-state index is -0.285. The standard InChI is InChI=1S/C31H30N6O2/c1-18(32)21-10-12-24-26(16-21)35-29(34-24)28(38)30-36-25-13-11-22(17-27(25)37(30)2)31(39)33-15-14-20-8-5-7-19-6-3-4-9-23(19)20/h3-9,11,13,17,21,32H,10,12,14-16H2,1-2H3,(H,33,39)(H,34,35). The van der Waals surface area contributed by atoms with Gasteiger partial charge in [0.2, 0.25) is 0 Å². The second-order valence-electron chi connectivity index (χ2n) is 10.3. The van der Waals surface area contributed by atoms with Gasteiger partial charge >= 0.3 is 0 Å². The molecule has 0 aliphatic heterocycles. The minimum absolute atomic E-state index is 0.166. The zero-order chi connectivity index (χ0) is 27.1. The summed E-state index contributed by atoms with van der Waals surface area (Å²) in [6.45, 7) is 2.35. The van der Waals surface area contributed by atoms with Crippen molar-refractivity contribution in [2.45, 2.75) is 32.6 Å². The smallest absolute Gasteiger partial charge is 0.263 e. The predicted octanol–water partition coefficient (Wildman–Crippen LogP) is 4.80. The molecule has 0 fully saturated rings. The number of carbonyl (C=O) groups excluding carboxylic acids is 2. The number of carbonyl (C=O) groups is 2. The largest absolute Gasteiger partial charge is 0.352 e. The molecule has 3 aromatic carbocycles. The lowest BCUT2D eigenvalue weighted by Gasteiger charge is -2.19. The first-order valence-corrected chi connectivity index (χ1v) is 13.3. The van der Waals surface area contributed by atoms with Crippen molar-refractivity contribution in [1.29, 1.82) is 5.41 Å². The molecular weight excluding hydrogens is 488 g/mol. The van der Waals surface area contributed by atoms with Gasteiger partial charge in [-0.05, 0) is 67.1 Å². The number of fused-ring (bicyclic) bond motifs is 3. The Labute approximate surface area is 226 Å². The monoisotopic (exact) mass is 518 g/mol. The summed E-state index contributed by atoms with van der Waals surface area (Å²) in [5, 5.41) is 13.4. The van der Waals surface area contributed by atoms with Crippen LogP contribution in [0.1, 0.15) is 57.1 Å². The maximum absolute atomic E-state index is 13.4. The van der Waals surface area contributed by atoms with E-state index < -0.39 is 0 Å². The highest BCUT2D eigenvalue weighted by Gasteiger charge is 2.27. The van der Waals surface area contributed by atoms with Crippen LogP contribution >= 0.6 is 0 Å². The molecule has 1 amide bonds. The Bertz CT molecular complexity index is 1760. The normalized spacial score (nSPS) is 14.9. The molecule has 1 unspecified atom stereocenters. The summed E-state index contributed by atoms with van der Waals surface area (Å²) in [7, 11) is 1.78. The number of hydrogen-bond donors (Lipinski definition) is 3. The van der Waals surface area contributed by atoms with E-state index in [1.165, 1.54) is 16.3 Å². The topological polar surface area (TPSA) is 117 Å². The number of aryl methyl sites for hydroxylation is 2. The fraction of sp³-hybridized carbons (Fsp3) is 0.258. The fourth-order valence-electron chi connectivity index (χ4n) is 5.52. The molecule has 1 aliphatic rings. The van der Waals surface area contributed by atoms with Crippen LogP contribution in [0.4, 0.5) is 0 Å². The summed E-state index contributed by atoms with van der Waals surface area (Å²) >= 11 is 0. The second kappa shape index (κ2) is 9.94. The molecule has 2 heterocycles. The number of amides is 1. The Kier molecular flexibility index (Phi) is 6.30. The SMILES string of the molecule is CC(=N)C1CCc2nc(C(=O)c3nc4ccc(C(=O)NCCc5cccc6ccccc56)cc4n3C)[nH]c2C1. The number of rotatable bonds is 7. The molecule has 0 radical (unpaired) electrons. The fourth-order valence-corrected chi connectivity index (χ4v) is 5.52. The van der Waals surface area contributed by atoms with Gasteiger partial charge in [0.1, 0.15) is 0 Å². The number of aromatic amines is 1. The first-order chi connectivity index (χ1) is 18.9. The van der Waals surface area contributed by atoms with Crippen LogP contribution in [-0.4, -0.2) is 43.5 Å². The number of nitrogens with zero attached hydrogens (tertiary/aromatic N) is 3. The number of hydrogen-bond acceptors (Lipinski definition) is 5. The number of ketones is 1. The Morgan fingerprint density at radius 1 is 1.10 bits per heavy atom. The van der Waals surface area contributed by atoms with Gasteiger partial charge in [0.25, 0.3) is 11.7 Å². The maximum atomic E-state index is 13.4. The minimum Gasteiger partial charge on any atom is -0.352 e. The van der Waals surface area contributed by atoms with Crippen LogP contribution in [0.3, 0.4) is 0 Å². The predicted molar refractivity (Wildman–Crippen MR) is 152 cm³/mol. The summed E-state index contributed by atoms with van der Waals surface area (Å²) in [4.78, 5) is 38.6. The molecule has 39 heavy (non-hydrogen) atoms. The molecule has 196 valence electrons. The quantitative estimate of drug-likeness (QED) is 0.212. The third-order valence-electron chi connectivity index (χ3n) is 7.78. The van der Waals surface area contributed by atoms with Crippen molar-refractivity contribution < 1.29 is 9.59 Å². The van der Waals surface area contributed by atoms with Crippen molar-refractivity contribution in [2.24, 2.45) is 13.0 Å².